The largest absolute Gasteiger partial charge is 0.390 e. The van der Waals surface area contributed by atoms with Crippen molar-refractivity contribution in [1.82, 2.24) is 9.78 Å². The van der Waals surface area contributed by atoms with Gasteiger partial charge in [0.1, 0.15) is 5.02 Å². The van der Waals surface area contributed by atoms with E-state index in [4.69, 9.17) is 11.6 Å². The molecule has 8 heteroatoms. The highest BCUT2D eigenvalue weighted by Crippen LogP contribution is 2.21. The smallest absolute Gasteiger partial charge is 0.382 e. The summed E-state index contributed by atoms with van der Waals surface area (Å²) in [5, 5.41) is 6.19. The molecule has 19 heavy (non-hydrogen) atoms. The van der Waals surface area contributed by atoms with Crippen LogP contribution in [0.25, 0.3) is 0 Å². The zero-order chi connectivity index (χ0) is 14.6. The third kappa shape index (κ3) is 5.10. The Hall–Kier alpha value is -1.24. The maximum Gasteiger partial charge on any atom is 0.390 e. The molecule has 0 amide bonds. The van der Waals surface area contributed by atoms with E-state index in [1.807, 2.05) is 13.8 Å². The second-order valence-corrected chi connectivity index (χ2v) is 4.92. The summed E-state index contributed by atoms with van der Waals surface area (Å²) < 4.78 is 37.2. The summed E-state index contributed by atoms with van der Waals surface area (Å²) in [6.45, 7) is 3.88. The molecule has 0 atom stereocenters. The molecular formula is C11H15ClF3N3O. The topological polar surface area (TPSA) is 46.9 Å². The van der Waals surface area contributed by atoms with E-state index in [1.54, 1.807) is 0 Å². The number of hydrogen-bond acceptors (Lipinski definition) is 3. The van der Waals surface area contributed by atoms with E-state index < -0.39 is 18.2 Å². The van der Waals surface area contributed by atoms with Crippen molar-refractivity contribution in [3.8, 4) is 0 Å². The van der Waals surface area contributed by atoms with Crippen LogP contribution in [-0.2, 0) is 6.54 Å². The minimum Gasteiger partial charge on any atom is -0.382 e. The van der Waals surface area contributed by atoms with E-state index in [0.29, 0.717) is 6.54 Å². The third-order valence-corrected chi connectivity index (χ3v) is 2.61. The Morgan fingerprint density at radius 1 is 1.47 bits per heavy atom. The molecule has 1 aromatic rings. The lowest BCUT2D eigenvalue weighted by Crippen LogP contribution is -2.26. The van der Waals surface area contributed by atoms with Crippen LogP contribution in [0.1, 0.15) is 20.3 Å². The molecule has 0 unspecified atom stereocenters. The molecule has 0 aliphatic rings. The predicted octanol–water partition coefficient (Wildman–Crippen LogP) is 2.92. The van der Waals surface area contributed by atoms with Crippen molar-refractivity contribution >= 4 is 17.3 Å². The molecule has 0 radical (unpaired) electrons. The second kappa shape index (κ2) is 6.27. The van der Waals surface area contributed by atoms with E-state index in [1.165, 1.54) is 10.9 Å². The first-order valence-corrected chi connectivity index (χ1v) is 6.14. The van der Waals surface area contributed by atoms with Gasteiger partial charge in [-0.15, -0.1) is 0 Å². The molecule has 108 valence electrons. The molecule has 0 aliphatic heterocycles. The van der Waals surface area contributed by atoms with Crippen molar-refractivity contribution in [3.05, 3.63) is 21.6 Å². The second-order valence-electron chi connectivity index (χ2n) is 4.55. The first-order chi connectivity index (χ1) is 8.70. The quantitative estimate of drug-likeness (QED) is 0.909. The monoisotopic (exact) mass is 297 g/mol. The molecule has 1 heterocycles. The molecule has 1 N–H and O–H groups in total. The summed E-state index contributed by atoms with van der Waals surface area (Å²) in [6.07, 6.45) is -3.99. The molecule has 0 aliphatic carbocycles. The van der Waals surface area contributed by atoms with Gasteiger partial charge in [0.2, 0.25) is 0 Å². The van der Waals surface area contributed by atoms with E-state index in [-0.39, 0.29) is 23.2 Å². The number of nitrogens with zero attached hydrogens (tertiary/aromatic N) is 2. The molecule has 0 spiro atoms. The fourth-order valence-corrected chi connectivity index (χ4v) is 1.62. The van der Waals surface area contributed by atoms with Crippen molar-refractivity contribution in [2.75, 3.05) is 11.9 Å². The molecule has 0 fully saturated rings. The summed E-state index contributed by atoms with van der Waals surface area (Å²) in [6, 6.07) is 0. The first kappa shape index (κ1) is 15.8. The Labute approximate surface area is 113 Å². The molecule has 1 aromatic heterocycles. The van der Waals surface area contributed by atoms with Gasteiger partial charge in [0.05, 0.1) is 18.3 Å². The molecule has 4 nitrogen and oxygen atoms in total. The minimum atomic E-state index is -4.25. The van der Waals surface area contributed by atoms with Crippen LogP contribution in [-0.4, -0.2) is 22.5 Å². The molecule has 0 bridgehead atoms. The van der Waals surface area contributed by atoms with Gasteiger partial charge < -0.3 is 5.32 Å². The summed E-state index contributed by atoms with van der Waals surface area (Å²) >= 11 is 5.81. The lowest BCUT2D eigenvalue weighted by Gasteiger charge is -2.12. The van der Waals surface area contributed by atoms with Gasteiger partial charge in [-0.3, -0.25) is 4.79 Å². The predicted molar refractivity (Wildman–Crippen MR) is 67.5 cm³/mol. The summed E-state index contributed by atoms with van der Waals surface area (Å²) in [5.74, 6) is 0.213. The van der Waals surface area contributed by atoms with Crippen LogP contribution in [0.15, 0.2) is 11.0 Å². The number of halogens is 4. The van der Waals surface area contributed by atoms with Gasteiger partial charge in [-0.1, -0.05) is 25.4 Å². The van der Waals surface area contributed by atoms with Gasteiger partial charge in [-0.2, -0.15) is 18.3 Å². The Bertz CT molecular complexity index is 485. The average Bonchev–Trinajstić information content (AvgIpc) is 2.26. The average molecular weight is 298 g/mol. The Kier molecular flexibility index (Phi) is 5.22. The summed E-state index contributed by atoms with van der Waals surface area (Å²) in [7, 11) is 0. The maximum atomic E-state index is 12.0. The maximum absolute atomic E-state index is 12.0. The first-order valence-electron chi connectivity index (χ1n) is 5.77. The highest BCUT2D eigenvalue weighted by Gasteiger charge is 2.26. The van der Waals surface area contributed by atoms with Crippen LogP contribution in [0.5, 0.6) is 0 Å². The van der Waals surface area contributed by atoms with Crippen molar-refractivity contribution in [2.24, 2.45) is 5.92 Å². The van der Waals surface area contributed by atoms with Crippen LogP contribution < -0.4 is 10.9 Å². The van der Waals surface area contributed by atoms with E-state index in [9.17, 15) is 18.0 Å². The SMILES string of the molecule is CC(C)Cn1ncc(NCCC(F)(F)F)c(Cl)c1=O. The lowest BCUT2D eigenvalue weighted by atomic mass is 10.2. The zero-order valence-electron chi connectivity index (χ0n) is 10.6. The lowest BCUT2D eigenvalue weighted by molar-refractivity contribution is -0.131. The number of anilines is 1. The Morgan fingerprint density at radius 2 is 2.11 bits per heavy atom. The standard InChI is InChI=1S/C11H15ClF3N3O/c1-7(2)6-18-10(19)9(12)8(5-17-18)16-4-3-11(13,14)15/h5,7,16H,3-4,6H2,1-2H3. The number of nitrogens with one attached hydrogen (secondary N) is 1. The summed E-state index contributed by atoms with van der Waals surface area (Å²) in [5.41, 5.74) is -0.386. The van der Waals surface area contributed by atoms with Crippen LogP contribution in [0.2, 0.25) is 5.02 Å². The Balaban J connectivity index is 2.77. The van der Waals surface area contributed by atoms with Crippen LogP contribution in [0.4, 0.5) is 18.9 Å². The van der Waals surface area contributed by atoms with E-state index >= 15 is 0 Å². The van der Waals surface area contributed by atoms with Gasteiger partial charge >= 0.3 is 6.18 Å². The number of rotatable bonds is 5. The molecule has 0 saturated carbocycles. The normalized spacial score (nSPS) is 11.9. The van der Waals surface area contributed by atoms with Crippen molar-refractivity contribution < 1.29 is 13.2 Å². The van der Waals surface area contributed by atoms with Crippen LogP contribution in [0.3, 0.4) is 0 Å². The molecule has 0 saturated heterocycles. The number of hydrogen-bond donors (Lipinski definition) is 1. The van der Waals surface area contributed by atoms with Crippen molar-refractivity contribution in [3.63, 3.8) is 0 Å². The molecular weight excluding hydrogens is 283 g/mol. The van der Waals surface area contributed by atoms with Crippen LogP contribution in [0, 0.1) is 5.92 Å². The number of aromatic nitrogens is 2. The Morgan fingerprint density at radius 3 is 2.63 bits per heavy atom. The van der Waals surface area contributed by atoms with Crippen molar-refractivity contribution in [1.29, 1.82) is 0 Å². The molecule has 0 aromatic carbocycles. The van der Waals surface area contributed by atoms with Gasteiger partial charge in [-0.05, 0) is 5.92 Å². The molecule has 1 rings (SSSR count). The number of alkyl halides is 3. The van der Waals surface area contributed by atoms with Gasteiger partial charge in [0, 0.05) is 13.1 Å². The highest BCUT2D eigenvalue weighted by atomic mass is 35.5. The highest BCUT2D eigenvalue weighted by molar-refractivity contribution is 6.32. The fourth-order valence-electron chi connectivity index (χ4n) is 1.40. The fraction of sp³-hybridized carbons (Fsp3) is 0.636. The van der Waals surface area contributed by atoms with Gasteiger partial charge in [0.25, 0.3) is 5.56 Å². The van der Waals surface area contributed by atoms with Gasteiger partial charge in [-0.25, -0.2) is 4.68 Å². The van der Waals surface area contributed by atoms with Crippen LogP contribution >= 0.6 is 11.6 Å². The minimum absolute atomic E-state index is 0.121. The zero-order valence-corrected chi connectivity index (χ0v) is 11.3. The van der Waals surface area contributed by atoms with Crippen molar-refractivity contribution in [2.45, 2.75) is 33.0 Å². The van der Waals surface area contributed by atoms with Gasteiger partial charge in [0.15, 0.2) is 0 Å². The third-order valence-electron chi connectivity index (χ3n) is 2.25. The summed E-state index contributed by atoms with van der Waals surface area (Å²) in [4.78, 5) is 11.8. The van der Waals surface area contributed by atoms with E-state index in [2.05, 4.69) is 10.4 Å². The van der Waals surface area contributed by atoms with E-state index in [0.717, 1.165) is 0 Å².